The Kier molecular flexibility index (Phi) is 6.72. The number of amides is 1. The molecule has 0 fully saturated rings. The van der Waals surface area contributed by atoms with Crippen LogP contribution in [0.2, 0.25) is 0 Å². The molecule has 126 valence electrons. The van der Waals surface area contributed by atoms with Gasteiger partial charge < -0.3 is 10.1 Å². The summed E-state index contributed by atoms with van der Waals surface area (Å²) in [5.74, 6) is -1.17. The van der Waals surface area contributed by atoms with Gasteiger partial charge in [0.2, 0.25) is 5.91 Å². The lowest BCUT2D eigenvalue weighted by atomic mass is 10.1. The Labute approximate surface area is 153 Å². The lowest BCUT2D eigenvalue weighted by Crippen LogP contribution is -2.43. The molecule has 0 bridgehead atoms. The van der Waals surface area contributed by atoms with Gasteiger partial charge in [-0.2, -0.15) is 0 Å². The summed E-state index contributed by atoms with van der Waals surface area (Å²) >= 11 is 2.18. The van der Waals surface area contributed by atoms with Gasteiger partial charge >= 0.3 is 5.97 Å². The van der Waals surface area contributed by atoms with E-state index in [9.17, 15) is 14.0 Å². The summed E-state index contributed by atoms with van der Waals surface area (Å²) in [6.45, 7) is 0. The zero-order valence-corrected chi connectivity index (χ0v) is 15.2. The molecule has 0 heterocycles. The molecule has 1 amide bonds. The normalized spacial score (nSPS) is 11.6. The highest BCUT2D eigenvalue weighted by atomic mass is 127. The van der Waals surface area contributed by atoms with Gasteiger partial charge in [0.05, 0.1) is 13.5 Å². The van der Waals surface area contributed by atoms with E-state index in [-0.39, 0.29) is 18.1 Å². The van der Waals surface area contributed by atoms with Crippen LogP contribution in [0.15, 0.2) is 48.5 Å². The SMILES string of the molecule is COC(=O)[C@H](Cc1ccccc1I)NC(=O)Cc1ccc(F)cc1. The van der Waals surface area contributed by atoms with Crippen molar-refractivity contribution in [2.24, 2.45) is 0 Å². The van der Waals surface area contributed by atoms with E-state index in [0.717, 1.165) is 9.13 Å². The summed E-state index contributed by atoms with van der Waals surface area (Å²) in [6, 6.07) is 12.6. The number of carbonyl (C=O) groups excluding carboxylic acids is 2. The van der Waals surface area contributed by atoms with Gasteiger partial charge in [-0.25, -0.2) is 9.18 Å². The number of methoxy groups -OCH3 is 1. The van der Waals surface area contributed by atoms with E-state index < -0.39 is 12.0 Å². The van der Waals surface area contributed by atoms with Gasteiger partial charge in [0, 0.05) is 9.99 Å². The van der Waals surface area contributed by atoms with Crippen molar-refractivity contribution in [3.05, 3.63) is 69.0 Å². The first kappa shape index (κ1) is 18.4. The fourth-order valence-electron chi connectivity index (χ4n) is 2.25. The summed E-state index contributed by atoms with van der Waals surface area (Å²) in [7, 11) is 1.29. The van der Waals surface area contributed by atoms with Crippen LogP contribution >= 0.6 is 22.6 Å². The first-order chi connectivity index (χ1) is 11.5. The molecule has 0 unspecified atom stereocenters. The van der Waals surface area contributed by atoms with Gasteiger partial charge in [0.25, 0.3) is 0 Å². The second-order valence-electron chi connectivity index (χ2n) is 5.24. The van der Waals surface area contributed by atoms with Crippen molar-refractivity contribution in [3.8, 4) is 0 Å². The number of benzene rings is 2. The second-order valence-corrected chi connectivity index (χ2v) is 6.40. The molecule has 6 heteroatoms. The highest BCUT2D eigenvalue weighted by Crippen LogP contribution is 2.14. The first-order valence-electron chi connectivity index (χ1n) is 7.34. The second kappa shape index (κ2) is 8.77. The van der Waals surface area contributed by atoms with Crippen molar-refractivity contribution >= 4 is 34.5 Å². The number of nitrogens with one attached hydrogen (secondary N) is 1. The van der Waals surface area contributed by atoms with E-state index >= 15 is 0 Å². The van der Waals surface area contributed by atoms with Crippen molar-refractivity contribution in [1.82, 2.24) is 5.32 Å². The Morgan fingerprint density at radius 1 is 1.17 bits per heavy atom. The van der Waals surface area contributed by atoms with Gasteiger partial charge in [-0.05, 0) is 51.9 Å². The molecule has 0 spiro atoms. The third-order valence-electron chi connectivity index (χ3n) is 3.48. The van der Waals surface area contributed by atoms with Crippen LogP contribution in [0.3, 0.4) is 0 Å². The van der Waals surface area contributed by atoms with E-state index in [4.69, 9.17) is 4.74 Å². The third kappa shape index (κ3) is 5.30. The molecule has 2 rings (SSSR count). The van der Waals surface area contributed by atoms with Gasteiger partial charge in [0.15, 0.2) is 0 Å². The van der Waals surface area contributed by atoms with Crippen LogP contribution in [-0.4, -0.2) is 25.0 Å². The molecule has 24 heavy (non-hydrogen) atoms. The predicted octanol–water partition coefficient (Wildman–Crippen LogP) is 2.87. The van der Waals surface area contributed by atoms with Crippen LogP contribution in [0.4, 0.5) is 4.39 Å². The van der Waals surface area contributed by atoms with Crippen LogP contribution in [0.1, 0.15) is 11.1 Å². The number of carbonyl (C=O) groups is 2. The van der Waals surface area contributed by atoms with E-state index in [1.165, 1.54) is 19.2 Å². The Hall–Kier alpha value is -1.96. The van der Waals surface area contributed by atoms with E-state index in [1.807, 2.05) is 24.3 Å². The van der Waals surface area contributed by atoms with Crippen molar-refractivity contribution in [2.45, 2.75) is 18.9 Å². The number of esters is 1. The van der Waals surface area contributed by atoms with E-state index in [2.05, 4.69) is 27.9 Å². The monoisotopic (exact) mass is 441 g/mol. The molecule has 0 aromatic heterocycles. The molecule has 2 aromatic rings. The quantitative estimate of drug-likeness (QED) is 0.554. The summed E-state index contributed by atoms with van der Waals surface area (Å²) in [5.41, 5.74) is 1.63. The average Bonchev–Trinajstić information content (AvgIpc) is 2.57. The van der Waals surface area contributed by atoms with Gasteiger partial charge in [-0.3, -0.25) is 4.79 Å². The Bertz CT molecular complexity index is 718. The van der Waals surface area contributed by atoms with Gasteiger partial charge in [0.1, 0.15) is 11.9 Å². The average molecular weight is 441 g/mol. The van der Waals surface area contributed by atoms with Crippen LogP contribution in [0.5, 0.6) is 0 Å². The standard InChI is InChI=1S/C18H17FINO3/c1-24-18(23)16(11-13-4-2-3-5-15(13)20)21-17(22)10-12-6-8-14(19)9-7-12/h2-9,16H,10-11H2,1H3,(H,21,22)/t16-/m0/s1. The molecule has 0 saturated carbocycles. The lowest BCUT2D eigenvalue weighted by molar-refractivity contribution is -0.145. The molecule has 1 atom stereocenters. The Morgan fingerprint density at radius 2 is 1.83 bits per heavy atom. The van der Waals surface area contributed by atoms with Crippen molar-refractivity contribution in [3.63, 3.8) is 0 Å². The van der Waals surface area contributed by atoms with Crippen LogP contribution < -0.4 is 5.32 Å². The van der Waals surface area contributed by atoms with Crippen molar-refractivity contribution in [1.29, 1.82) is 0 Å². The summed E-state index contributed by atoms with van der Waals surface area (Å²) in [5, 5.41) is 2.70. The van der Waals surface area contributed by atoms with E-state index in [1.54, 1.807) is 12.1 Å². The van der Waals surface area contributed by atoms with Gasteiger partial charge in [-0.1, -0.05) is 30.3 Å². The molecule has 1 N–H and O–H groups in total. The Morgan fingerprint density at radius 3 is 2.46 bits per heavy atom. The van der Waals surface area contributed by atoms with Crippen molar-refractivity contribution < 1.29 is 18.7 Å². The van der Waals surface area contributed by atoms with Gasteiger partial charge in [-0.15, -0.1) is 0 Å². The topological polar surface area (TPSA) is 55.4 Å². The largest absolute Gasteiger partial charge is 0.467 e. The number of hydrogen-bond acceptors (Lipinski definition) is 3. The molecule has 0 aliphatic heterocycles. The third-order valence-corrected chi connectivity index (χ3v) is 4.53. The highest BCUT2D eigenvalue weighted by Gasteiger charge is 2.22. The molecular formula is C18H17FINO3. The molecule has 0 saturated heterocycles. The molecule has 0 aliphatic carbocycles. The zero-order chi connectivity index (χ0) is 17.5. The summed E-state index contributed by atoms with van der Waals surface area (Å²) in [6.07, 6.45) is 0.417. The summed E-state index contributed by atoms with van der Waals surface area (Å²) in [4.78, 5) is 24.2. The molecule has 0 aliphatic rings. The fraction of sp³-hybridized carbons (Fsp3) is 0.222. The maximum absolute atomic E-state index is 12.9. The zero-order valence-electron chi connectivity index (χ0n) is 13.1. The summed E-state index contributed by atoms with van der Waals surface area (Å²) < 4.78 is 18.7. The predicted molar refractivity (Wildman–Crippen MR) is 96.9 cm³/mol. The van der Waals surface area contributed by atoms with Crippen LogP contribution in [0.25, 0.3) is 0 Å². The number of ether oxygens (including phenoxy) is 1. The molecule has 4 nitrogen and oxygen atoms in total. The van der Waals surface area contributed by atoms with E-state index in [0.29, 0.717) is 12.0 Å². The van der Waals surface area contributed by atoms with Crippen LogP contribution in [-0.2, 0) is 27.2 Å². The minimum atomic E-state index is -0.765. The Balaban J connectivity index is 2.05. The number of hydrogen-bond donors (Lipinski definition) is 1. The maximum atomic E-state index is 12.9. The lowest BCUT2D eigenvalue weighted by Gasteiger charge is -2.17. The van der Waals surface area contributed by atoms with Crippen LogP contribution in [0, 0.1) is 9.39 Å². The minimum absolute atomic E-state index is 0.0691. The molecular weight excluding hydrogens is 424 g/mol. The smallest absolute Gasteiger partial charge is 0.328 e. The number of halogens is 2. The van der Waals surface area contributed by atoms with Crippen molar-refractivity contribution in [2.75, 3.05) is 7.11 Å². The maximum Gasteiger partial charge on any atom is 0.328 e. The minimum Gasteiger partial charge on any atom is -0.467 e. The number of rotatable bonds is 6. The first-order valence-corrected chi connectivity index (χ1v) is 8.42. The highest BCUT2D eigenvalue weighted by molar-refractivity contribution is 14.1. The molecule has 0 radical (unpaired) electrons. The fourth-order valence-corrected chi connectivity index (χ4v) is 2.86. The molecule has 2 aromatic carbocycles.